The van der Waals surface area contributed by atoms with Crippen LogP contribution in [0.1, 0.15) is 34.7 Å². The molecule has 0 aliphatic carbocycles. The van der Waals surface area contributed by atoms with Gasteiger partial charge in [-0.25, -0.2) is 0 Å². The topological polar surface area (TPSA) is 64.2 Å². The summed E-state index contributed by atoms with van der Waals surface area (Å²) in [7, 11) is 0. The van der Waals surface area contributed by atoms with Crippen molar-refractivity contribution in [1.29, 1.82) is 0 Å². The summed E-state index contributed by atoms with van der Waals surface area (Å²) in [6.07, 6.45) is 1.79. The molecule has 0 bridgehead atoms. The summed E-state index contributed by atoms with van der Waals surface area (Å²) in [5, 5.41) is 14.4. The first-order valence-corrected chi connectivity index (χ1v) is 8.92. The van der Waals surface area contributed by atoms with Crippen molar-refractivity contribution in [2.24, 2.45) is 0 Å². The molecule has 1 aromatic carbocycles. The van der Waals surface area contributed by atoms with E-state index in [4.69, 9.17) is 12.2 Å². The van der Waals surface area contributed by atoms with E-state index in [0.717, 1.165) is 22.6 Å². The summed E-state index contributed by atoms with van der Waals surface area (Å²) in [6, 6.07) is 15.0. The van der Waals surface area contributed by atoms with E-state index >= 15 is 0 Å². The van der Waals surface area contributed by atoms with Gasteiger partial charge < -0.3 is 20.3 Å². The van der Waals surface area contributed by atoms with E-state index in [1.807, 2.05) is 48.2 Å². The average Bonchev–Trinajstić information content (AvgIpc) is 3.14. The number of rotatable bonds is 3. The molecule has 2 aromatic heterocycles. The number of nitrogens with zero attached hydrogens (tertiary/aromatic N) is 2. The van der Waals surface area contributed by atoms with E-state index in [1.165, 1.54) is 0 Å². The molecule has 132 valence electrons. The number of thiocarbonyl (C=S) groups is 1. The van der Waals surface area contributed by atoms with Crippen LogP contribution in [0.25, 0.3) is 0 Å². The van der Waals surface area contributed by atoms with Gasteiger partial charge in [0.15, 0.2) is 5.11 Å². The molecule has 6 heteroatoms. The van der Waals surface area contributed by atoms with Crippen molar-refractivity contribution in [2.75, 3.05) is 4.90 Å². The van der Waals surface area contributed by atoms with Crippen molar-refractivity contribution < 1.29 is 5.11 Å². The number of aromatic nitrogens is 2. The van der Waals surface area contributed by atoms with Crippen LogP contribution >= 0.6 is 12.2 Å². The third-order valence-corrected chi connectivity index (χ3v) is 5.06. The number of hydrogen-bond acceptors (Lipinski definition) is 3. The summed E-state index contributed by atoms with van der Waals surface area (Å²) in [5.41, 5.74) is 4.91. The zero-order valence-electron chi connectivity index (χ0n) is 14.6. The van der Waals surface area contributed by atoms with Gasteiger partial charge >= 0.3 is 0 Å². The molecule has 3 heterocycles. The molecular formula is C20H20N4OS. The van der Waals surface area contributed by atoms with Crippen LogP contribution in [-0.2, 0) is 0 Å². The number of phenols is 1. The minimum Gasteiger partial charge on any atom is -0.506 e. The molecule has 0 spiro atoms. The first-order chi connectivity index (χ1) is 12.6. The second-order valence-corrected chi connectivity index (χ2v) is 6.90. The number of anilines is 1. The van der Waals surface area contributed by atoms with Gasteiger partial charge in [-0.1, -0.05) is 18.2 Å². The van der Waals surface area contributed by atoms with Gasteiger partial charge in [-0.3, -0.25) is 4.98 Å². The third-order valence-electron chi connectivity index (χ3n) is 4.75. The molecule has 5 nitrogen and oxygen atoms in total. The Hall–Kier alpha value is -2.86. The Balaban J connectivity index is 1.88. The predicted molar refractivity (Wildman–Crippen MR) is 106 cm³/mol. The Morgan fingerprint density at radius 3 is 2.54 bits per heavy atom. The lowest BCUT2D eigenvalue weighted by atomic mass is 9.96. The Morgan fingerprint density at radius 2 is 1.88 bits per heavy atom. The predicted octanol–water partition coefficient (Wildman–Crippen LogP) is 3.91. The Morgan fingerprint density at radius 1 is 1.12 bits per heavy atom. The SMILES string of the molecule is Cc1cc([C@H]2[C@@H](c3ccccn3)NC(=S)N2c2ccccc2O)c(C)[nH]1. The molecule has 1 aliphatic heterocycles. The highest BCUT2D eigenvalue weighted by atomic mass is 32.1. The van der Waals surface area contributed by atoms with Crippen LogP contribution in [0.2, 0.25) is 0 Å². The fourth-order valence-electron chi connectivity index (χ4n) is 3.65. The van der Waals surface area contributed by atoms with Crippen LogP contribution in [0.3, 0.4) is 0 Å². The van der Waals surface area contributed by atoms with E-state index in [2.05, 4.69) is 28.3 Å². The monoisotopic (exact) mass is 364 g/mol. The largest absolute Gasteiger partial charge is 0.506 e. The van der Waals surface area contributed by atoms with E-state index < -0.39 is 0 Å². The number of hydrogen-bond donors (Lipinski definition) is 3. The maximum absolute atomic E-state index is 10.4. The summed E-state index contributed by atoms with van der Waals surface area (Å²) >= 11 is 5.65. The molecular weight excluding hydrogens is 344 g/mol. The fourth-order valence-corrected chi connectivity index (χ4v) is 3.99. The zero-order valence-corrected chi connectivity index (χ0v) is 15.4. The average molecular weight is 364 g/mol. The van der Waals surface area contributed by atoms with E-state index in [9.17, 15) is 5.11 Å². The van der Waals surface area contributed by atoms with Gasteiger partial charge in [0.2, 0.25) is 0 Å². The summed E-state index contributed by atoms with van der Waals surface area (Å²) in [4.78, 5) is 9.90. The first kappa shape index (κ1) is 16.6. The number of para-hydroxylation sites is 2. The van der Waals surface area contributed by atoms with Gasteiger partial charge in [-0.05, 0) is 62.0 Å². The molecule has 0 unspecified atom stereocenters. The van der Waals surface area contributed by atoms with Gasteiger partial charge in [0.25, 0.3) is 0 Å². The number of aryl methyl sites for hydroxylation is 2. The number of aromatic amines is 1. The maximum atomic E-state index is 10.4. The van der Waals surface area contributed by atoms with Crippen molar-refractivity contribution in [3.8, 4) is 5.75 Å². The molecule has 1 fully saturated rings. The molecule has 4 rings (SSSR count). The maximum Gasteiger partial charge on any atom is 0.174 e. The van der Waals surface area contributed by atoms with E-state index in [-0.39, 0.29) is 17.8 Å². The van der Waals surface area contributed by atoms with Crippen LogP contribution in [0.5, 0.6) is 5.75 Å². The summed E-state index contributed by atoms with van der Waals surface area (Å²) < 4.78 is 0. The molecule has 1 saturated heterocycles. The molecule has 26 heavy (non-hydrogen) atoms. The molecule has 1 aliphatic rings. The van der Waals surface area contributed by atoms with E-state index in [1.54, 1.807) is 12.3 Å². The number of nitrogens with one attached hydrogen (secondary N) is 2. The second-order valence-electron chi connectivity index (χ2n) is 6.52. The van der Waals surface area contributed by atoms with Gasteiger partial charge in [0.05, 0.1) is 23.5 Å². The minimum atomic E-state index is -0.115. The number of aromatic hydroxyl groups is 1. The summed E-state index contributed by atoms with van der Waals surface area (Å²) in [5.74, 6) is 0.202. The van der Waals surface area contributed by atoms with Gasteiger partial charge in [0.1, 0.15) is 5.75 Å². The van der Waals surface area contributed by atoms with Crippen molar-refractivity contribution in [3.63, 3.8) is 0 Å². The number of H-pyrrole nitrogens is 1. The minimum absolute atomic E-state index is 0.114. The normalized spacial score (nSPS) is 19.6. The fraction of sp³-hybridized carbons (Fsp3) is 0.200. The Bertz CT molecular complexity index is 953. The summed E-state index contributed by atoms with van der Waals surface area (Å²) in [6.45, 7) is 4.10. The lowest BCUT2D eigenvalue weighted by molar-refractivity contribution is 0.472. The lowest BCUT2D eigenvalue weighted by Gasteiger charge is -2.28. The first-order valence-electron chi connectivity index (χ1n) is 8.51. The van der Waals surface area contributed by atoms with Crippen molar-refractivity contribution >= 4 is 23.0 Å². The van der Waals surface area contributed by atoms with Crippen LogP contribution in [0, 0.1) is 13.8 Å². The molecule has 0 radical (unpaired) electrons. The number of pyridine rings is 1. The van der Waals surface area contributed by atoms with Crippen molar-refractivity contribution in [1.82, 2.24) is 15.3 Å². The highest BCUT2D eigenvalue weighted by Gasteiger charge is 2.42. The zero-order chi connectivity index (χ0) is 18.3. The number of phenolic OH excluding ortho intramolecular Hbond substituents is 1. The lowest BCUT2D eigenvalue weighted by Crippen LogP contribution is -2.29. The van der Waals surface area contributed by atoms with Crippen molar-refractivity contribution in [3.05, 3.63) is 77.4 Å². The molecule has 3 N–H and O–H groups in total. The van der Waals surface area contributed by atoms with Crippen LogP contribution in [0.15, 0.2) is 54.7 Å². The highest BCUT2D eigenvalue weighted by Crippen LogP contribution is 2.44. The number of benzene rings is 1. The van der Waals surface area contributed by atoms with Crippen LogP contribution < -0.4 is 10.2 Å². The van der Waals surface area contributed by atoms with Gasteiger partial charge in [-0.2, -0.15) is 0 Å². The Kier molecular flexibility index (Phi) is 4.12. The Labute approximate surface area is 157 Å². The third kappa shape index (κ3) is 2.72. The molecule has 2 atom stereocenters. The smallest absolute Gasteiger partial charge is 0.174 e. The highest BCUT2D eigenvalue weighted by molar-refractivity contribution is 7.80. The van der Waals surface area contributed by atoms with Crippen LogP contribution in [0.4, 0.5) is 5.69 Å². The molecule has 0 amide bonds. The molecule has 0 saturated carbocycles. The van der Waals surface area contributed by atoms with Crippen molar-refractivity contribution in [2.45, 2.75) is 25.9 Å². The van der Waals surface area contributed by atoms with Crippen LogP contribution in [-0.4, -0.2) is 20.2 Å². The quantitative estimate of drug-likeness (QED) is 0.615. The van der Waals surface area contributed by atoms with Gasteiger partial charge in [0, 0.05) is 17.6 Å². The molecule has 3 aromatic rings. The second kappa shape index (κ2) is 6.46. The van der Waals surface area contributed by atoms with Gasteiger partial charge in [-0.15, -0.1) is 0 Å². The standard InChI is InChI=1S/C20H20N4OS/c1-12-11-14(13(2)22-12)19-18(15-7-5-6-10-21-15)23-20(26)24(19)16-8-3-4-9-17(16)25/h3-11,18-19,22,25H,1-2H3,(H,23,26)/t18-,19+/m1/s1. The van der Waals surface area contributed by atoms with E-state index in [0.29, 0.717) is 10.8 Å².